The number of rotatable bonds is 3. The summed E-state index contributed by atoms with van der Waals surface area (Å²) in [5.41, 5.74) is 1.68. The number of aliphatic hydroxyl groups is 1. The van der Waals surface area contributed by atoms with Crippen LogP contribution in [0.2, 0.25) is 5.02 Å². The van der Waals surface area contributed by atoms with Gasteiger partial charge in [-0.2, -0.15) is 0 Å². The fraction of sp³-hybridized carbons (Fsp3) is 0.200. The van der Waals surface area contributed by atoms with Crippen molar-refractivity contribution in [2.45, 2.75) is 19.4 Å². The molecule has 1 atom stereocenters. The Kier molecular flexibility index (Phi) is 4.17. The van der Waals surface area contributed by atoms with Gasteiger partial charge >= 0.3 is 0 Å². The van der Waals surface area contributed by atoms with Gasteiger partial charge in [0.05, 0.1) is 6.10 Å². The molecule has 1 nitrogen and oxygen atoms in total. The number of halogens is 3. The molecule has 0 aliphatic heterocycles. The van der Waals surface area contributed by atoms with Crippen molar-refractivity contribution in [2.24, 2.45) is 0 Å². The van der Waals surface area contributed by atoms with Crippen LogP contribution >= 0.6 is 11.6 Å². The third-order valence-electron chi connectivity index (χ3n) is 3.10. The first-order chi connectivity index (χ1) is 8.99. The SMILES string of the molecule is Cc1c(Cl)cccc1C(O)Cc1ccc(F)cc1F. The maximum Gasteiger partial charge on any atom is 0.129 e. The maximum atomic E-state index is 13.5. The molecular formula is C15H13ClF2O. The first kappa shape index (κ1) is 14.0. The van der Waals surface area contributed by atoms with Gasteiger partial charge in [0.15, 0.2) is 0 Å². The zero-order valence-electron chi connectivity index (χ0n) is 10.3. The highest BCUT2D eigenvalue weighted by Crippen LogP contribution is 2.27. The van der Waals surface area contributed by atoms with Crippen LogP contribution in [0, 0.1) is 18.6 Å². The Morgan fingerprint density at radius 1 is 1.21 bits per heavy atom. The summed E-state index contributed by atoms with van der Waals surface area (Å²) in [5, 5.41) is 10.7. The Hall–Kier alpha value is -1.45. The molecule has 0 heterocycles. The van der Waals surface area contributed by atoms with E-state index in [4.69, 9.17) is 11.6 Å². The van der Waals surface area contributed by atoms with Crippen LogP contribution in [0.3, 0.4) is 0 Å². The van der Waals surface area contributed by atoms with Crippen LogP contribution in [0.25, 0.3) is 0 Å². The zero-order valence-corrected chi connectivity index (χ0v) is 11.1. The largest absolute Gasteiger partial charge is 0.388 e. The molecular weight excluding hydrogens is 270 g/mol. The normalized spacial score (nSPS) is 12.5. The lowest BCUT2D eigenvalue weighted by Gasteiger charge is -2.15. The molecule has 0 fully saturated rings. The monoisotopic (exact) mass is 282 g/mol. The van der Waals surface area contributed by atoms with Gasteiger partial charge in [-0.3, -0.25) is 0 Å². The second-order valence-corrected chi connectivity index (χ2v) is 4.82. The summed E-state index contributed by atoms with van der Waals surface area (Å²) >= 11 is 5.98. The molecule has 0 saturated heterocycles. The van der Waals surface area contributed by atoms with Gasteiger partial charge in [0.25, 0.3) is 0 Å². The van der Waals surface area contributed by atoms with E-state index < -0.39 is 17.7 Å². The van der Waals surface area contributed by atoms with Crippen LogP contribution in [0.4, 0.5) is 8.78 Å². The molecule has 2 rings (SSSR count). The topological polar surface area (TPSA) is 20.2 Å². The van der Waals surface area contributed by atoms with Crippen LogP contribution in [0.15, 0.2) is 36.4 Å². The third kappa shape index (κ3) is 3.11. The Balaban J connectivity index is 2.25. The molecule has 100 valence electrons. The van der Waals surface area contributed by atoms with Crippen molar-refractivity contribution in [3.05, 3.63) is 69.7 Å². The molecule has 0 spiro atoms. The van der Waals surface area contributed by atoms with E-state index in [1.54, 1.807) is 25.1 Å². The summed E-state index contributed by atoms with van der Waals surface area (Å²) in [6.07, 6.45) is -0.800. The van der Waals surface area contributed by atoms with Gasteiger partial charge in [0.1, 0.15) is 11.6 Å². The quantitative estimate of drug-likeness (QED) is 0.894. The standard InChI is InChI=1S/C15H13ClF2O/c1-9-12(3-2-4-13(9)16)15(19)7-10-5-6-11(17)8-14(10)18/h2-6,8,15,19H,7H2,1H3. The fourth-order valence-corrected chi connectivity index (χ4v) is 2.17. The lowest BCUT2D eigenvalue weighted by Crippen LogP contribution is -2.05. The van der Waals surface area contributed by atoms with E-state index in [-0.39, 0.29) is 12.0 Å². The molecule has 0 aliphatic rings. The van der Waals surface area contributed by atoms with Crippen LogP contribution < -0.4 is 0 Å². The van der Waals surface area contributed by atoms with Crippen molar-refractivity contribution < 1.29 is 13.9 Å². The molecule has 2 aromatic carbocycles. The second-order valence-electron chi connectivity index (χ2n) is 4.41. The summed E-state index contributed by atoms with van der Waals surface area (Å²) in [6.45, 7) is 1.79. The number of hydrogen-bond acceptors (Lipinski definition) is 1. The van der Waals surface area contributed by atoms with Gasteiger partial charge in [0, 0.05) is 17.5 Å². The van der Waals surface area contributed by atoms with Gasteiger partial charge in [-0.25, -0.2) is 8.78 Å². The average molecular weight is 283 g/mol. The summed E-state index contributed by atoms with van der Waals surface area (Å²) in [6, 6.07) is 8.53. The van der Waals surface area contributed by atoms with Crippen LogP contribution in [-0.4, -0.2) is 5.11 Å². The van der Waals surface area contributed by atoms with E-state index in [1.807, 2.05) is 0 Å². The van der Waals surface area contributed by atoms with E-state index in [0.29, 0.717) is 10.6 Å². The number of hydrogen-bond donors (Lipinski definition) is 1. The summed E-state index contributed by atoms with van der Waals surface area (Å²) in [7, 11) is 0. The second kappa shape index (κ2) is 5.68. The Morgan fingerprint density at radius 3 is 2.63 bits per heavy atom. The van der Waals surface area contributed by atoms with E-state index in [1.165, 1.54) is 12.1 Å². The van der Waals surface area contributed by atoms with Crippen molar-refractivity contribution in [3.63, 3.8) is 0 Å². The number of aliphatic hydroxyl groups excluding tert-OH is 1. The lowest BCUT2D eigenvalue weighted by molar-refractivity contribution is 0.176. The van der Waals surface area contributed by atoms with Crippen LogP contribution in [0.5, 0.6) is 0 Å². The van der Waals surface area contributed by atoms with E-state index >= 15 is 0 Å². The molecule has 0 radical (unpaired) electrons. The van der Waals surface area contributed by atoms with Crippen molar-refractivity contribution in [1.29, 1.82) is 0 Å². The molecule has 1 N–H and O–H groups in total. The van der Waals surface area contributed by atoms with Crippen LogP contribution in [0.1, 0.15) is 22.8 Å². The minimum atomic E-state index is -0.876. The zero-order chi connectivity index (χ0) is 14.0. The summed E-state index contributed by atoms with van der Waals surface area (Å²) < 4.78 is 26.3. The van der Waals surface area contributed by atoms with Crippen molar-refractivity contribution in [3.8, 4) is 0 Å². The molecule has 0 aromatic heterocycles. The highest BCUT2D eigenvalue weighted by molar-refractivity contribution is 6.31. The van der Waals surface area contributed by atoms with Gasteiger partial charge in [-0.05, 0) is 35.7 Å². The van der Waals surface area contributed by atoms with Gasteiger partial charge in [-0.1, -0.05) is 29.8 Å². The lowest BCUT2D eigenvalue weighted by atomic mass is 9.97. The van der Waals surface area contributed by atoms with E-state index in [0.717, 1.165) is 11.6 Å². The molecule has 0 saturated carbocycles. The highest BCUT2D eigenvalue weighted by Gasteiger charge is 2.15. The van der Waals surface area contributed by atoms with Gasteiger partial charge in [-0.15, -0.1) is 0 Å². The smallest absolute Gasteiger partial charge is 0.129 e. The van der Waals surface area contributed by atoms with E-state index in [2.05, 4.69) is 0 Å². The summed E-state index contributed by atoms with van der Waals surface area (Å²) in [4.78, 5) is 0. The van der Waals surface area contributed by atoms with E-state index in [9.17, 15) is 13.9 Å². The molecule has 2 aromatic rings. The Bertz CT molecular complexity index is 599. The number of benzene rings is 2. The van der Waals surface area contributed by atoms with Gasteiger partial charge < -0.3 is 5.11 Å². The minimum absolute atomic E-state index is 0.0767. The van der Waals surface area contributed by atoms with Gasteiger partial charge in [0.2, 0.25) is 0 Å². The molecule has 0 bridgehead atoms. The summed E-state index contributed by atoms with van der Waals surface area (Å²) in [5.74, 6) is -1.28. The predicted octanol–water partition coefficient (Wildman–Crippen LogP) is 4.20. The Morgan fingerprint density at radius 2 is 1.95 bits per heavy atom. The molecule has 0 amide bonds. The first-order valence-electron chi connectivity index (χ1n) is 5.86. The average Bonchev–Trinajstić information content (AvgIpc) is 2.36. The fourth-order valence-electron chi connectivity index (χ4n) is 1.99. The minimum Gasteiger partial charge on any atom is -0.388 e. The maximum absolute atomic E-state index is 13.5. The van der Waals surface area contributed by atoms with Crippen LogP contribution in [-0.2, 0) is 6.42 Å². The van der Waals surface area contributed by atoms with Crippen molar-refractivity contribution in [2.75, 3.05) is 0 Å². The van der Waals surface area contributed by atoms with Crippen molar-refractivity contribution in [1.82, 2.24) is 0 Å². The molecule has 0 aliphatic carbocycles. The molecule has 1 unspecified atom stereocenters. The van der Waals surface area contributed by atoms with Crippen molar-refractivity contribution >= 4 is 11.6 Å². The molecule has 4 heteroatoms. The predicted molar refractivity (Wildman–Crippen MR) is 71.2 cm³/mol. The highest BCUT2D eigenvalue weighted by atomic mass is 35.5. The third-order valence-corrected chi connectivity index (χ3v) is 3.51. The molecule has 19 heavy (non-hydrogen) atoms. The Labute approximate surface area is 115 Å². The first-order valence-corrected chi connectivity index (χ1v) is 6.24.